The van der Waals surface area contributed by atoms with E-state index in [0.29, 0.717) is 43.2 Å². The maximum absolute atomic E-state index is 12.6. The molecule has 0 aliphatic rings. The molecule has 1 amide bonds. The van der Waals surface area contributed by atoms with E-state index in [0.717, 1.165) is 81.8 Å². The lowest BCUT2D eigenvalue weighted by Crippen LogP contribution is -2.27. The molecule has 456 valence electrons. The van der Waals surface area contributed by atoms with Gasteiger partial charge in [-0.25, -0.2) is 14.2 Å². The van der Waals surface area contributed by atoms with Crippen molar-refractivity contribution < 1.29 is 33.5 Å². The average Bonchev–Trinajstić information content (AvgIpc) is 2.43. The molecule has 0 aliphatic carbocycles. The van der Waals surface area contributed by atoms with E-state index in [2.05, 4.69) is 65.9 Å². The number of nitrogens with zero attached hydrogens (tertiary/aromatic N) is 6. The molecule has 3 N–H and O–H groups in total. The number of benzene rings is 6. The molecule has 0 saturated carbocycles. The summed E-state index contributed by atoms with van der Waals surface area (Å²) < 4.78 is 9.26. The third-order valence-corrected chi connectivity index (χ3v) is 13.3. The molecular weight excluding hydrogens is 1190 g/mol. The Morgan fingerprint density at radius 2 is 0.872 bits per heavy atom. The van der Waals surface area contributed by atoms with Crippen molar-refractivity contribution in [2.24, 2.45) is 16.6 Å². The molecule has 15 nitrogen and oxygen atoms in total. The zero-order chi connectivity index (χ0) is 63.4. The van der Waals surface area contributed by atoms with Gasteiger partial charge >= 0.3 is 18.3 Å². The van der Waals surface area contributed by atoms with E-state index in [1.54, 1.807) is 24.3 Å². The van der Waals surface area contributed by atoms with Gasteiger partial charge in [-0.2, -0.15) is 29.4 Å². The highest BCUT2D eigenvalue weighted by Gasteiger charge is 2.22. The normalized spacial score (nSPS) is 10.7. The minimum atomic E-state index is -0.549. The summed E-state index contributed by atoms with van der Waals surface area (Å²) in [7, 11) is 3.94. The fourth-order valence-corrected chi connectivity index (χ4v) is 9.06. The molecule has 20 heteroatoms. The van der Waals surface area contributed by atoms with Crippen LogP contribution in [0.3, 0.4) is 0 Å². The lowest BCUT2D eigenvalue weighted by Gasteiger charge is -2.22. The number of esters is 1. The molecular formula is C66H75Cl5N8O7. The largest absolute Gasteiger partial charge is 0.456 e. The first-order chi connectivity index (χ1) is 39.9. The number of carbonyl (C=O) groups excluding carboxylic acids is 6. The van der Waals surface area contributed by atoms with Gasteiger partial charge in [-0.05, 0) is 174 Å². The van der Waals surface area contributed by atoms with Crippen molar-refractivity contribution in [2.45, 2.75) is 94.6 Å². The van der Waals surface area contributed by atoms with Crippen molar-refractivity contribution in [1.82, 2.24) is 24.9 Å². The summed E-state index contributed by atoms with van der Waals surface area (Å²) in [5.74, 6) is 1.28. The second-order valence-electron chi connectivity index (χ2n) is 23.1. The van der Waals surface area contributed by atoms with Crippen molar-refractivity contribution in [3.8, 4) is 33.9 Å². The number of halogens is 5. The zero-order valence-electron chi connectivity index (χ0n) is 50.7. The van der Waals surface area contributed by atoms with Gasteiger partial charge in [-0.1, -0.05) is 123 Å². The second kappa shape index (κ2) is 33.4. The third-order valence-electron chi connectivity index (χ3n) is 12.4. The standard InChI is InChI=1S/C30H32Cl2N4O.C28H27Cl2N3O2.C6H15N.2CO2.ClH/c1-20-6-10-26(11-7-20)36-28(19-27(34-36)22-16-23(31)18-24(32)17-22)35(5)25-12-8-21(9-13-25)29(37)33-15-14-30(2,3)4;1-18-6-10-24(11-7-18)33-26(17-25(31-33)20-14-21(29)16-22(30)15-20)32(5)23-12-8-19(9-13-23)27(34)35-28(2,3)4;1-6(2,3)4-5-7;2*2-1-3;/h6-13,16-19H,14-15H2,1-5H3,(H,33,37);6-17H,1-5H3;4-5,7H2,1-3H3;;;1H. The van der Waals surface area contributed by atoms with Crippen LogP contribution in [0.1, 0.15) is 107 Å². The molecule has 8 aromatic rings. The number of aryl methyl sites for hydroxylation is 2. The van der Waals surface area contributed by atoms with Crippen LogP contribution >= 0.6 is 58.8 Å². The maximum atomic E-state index is 12.6. The Kier molecular flexibility index (Phi) is 28.2. The SMILES string of the molecule is CC(C)(C)CCN.Cc1ccc(-n2nc(-c3cc(Cl)cc(Cl)c3)cc2N(C)c2ccc(C(=O)NCCC(C)(C)C)cc2)cc1.Cc1ccc(-n2nc(-c3cc(Cl)cc(Cl)c3)cc2N(C)c2ccc(C(=O)OC(C)(C)C)cc2)cc1.Cl.O=C=O.O=C=O. The van der Waals surface area contributed by atoms with Gasteiger partial charge in [0.05, 0.1) is 28.3 Å². The number of rotatable bonds is 13. The van der Waals surface area contributed by atoms with Crippen molar-refractivity contribution in [3.05, 3.63) is 188 Å². The van der Waals surface area contributed by atoms with Crippen LogP contribution < -0.4 is 20.9 Å². The van der Waals surface area contributed by atoms with Crippen LogP contribution in [-0.2, 0) is 23.9 Å². The van der Waals surface area contributed by atoms with E-state index in [1.165, 1.54) is 5.56 Å². The molecule has 2 heterocycles. The fourth-order valence-electron chi connectivity index (χ4n) is 8.00. The number of aromatic nitrogens is 4. The maximum Gasteiger partial charge on any atom is 0.373 e. The number of nitrogens with one attached hydrogen (secondary N) is 1. The molecule has 0 radical (unpaired) electrons. The van der Waals surface area contributed by atoms with Crippen LogP contribution in [-0.4, -0.2) is 76.5 Å². The highest BCUT2D eigenvalue weighted by molar-refractivity contribution is 6.35. The minimum Gasteiger partial charge on any atom is -0.456 e. The Morgan fingerprint density at radius 1 is 0.535 bits per heavy atom. The predicted molar refractivity (Wildman–Crippen MR) is 348 cm³/mol. The van der Waals surface area contributed by atoms with Crippen LogP contribution in [0.15, 0.2) is 146 Å². The smallest absolute Gasteiger partial charge is 0.373 e. The summed E-state index contributed by atoms with van der Waals surface area (Å²) in [5.41, 5.74) is 15.6. The van der Waals surface area contributed by atoms with Crippen LogP contribution in [0.5, 0.6) is 0 Å². The number of amides is 1. The van der Waals surface area contributed by atoms with Crippen LogP contribution in [0.2, 0.25) is 20.1 Å². The topological polar surface area (TPSA) is 192 Å². The van der Waals surface area contributed by atoms with Gasteiger partial charge in [0, 0.05) is 80.9 Å². The number of ether oxygens (including phenoxy) is 1. The van der Waals surface area contributed by atoms with E-state index in [-0.39, 0.29) is 42.0 Å². The molecule has 8 rings (SSSR count). The second-order valence-corrected chi connectivity index (χ2v) is 24.9. The van der Waals surface area contributed by atoms with Crippen LogP contribution in [0, 0.1) is 24.7 Å². The average molecular weight is 1270 g/mol. The summed E-state index contributed by atoms with van der Waals surface area (Å²) in [5, 5.41) is 15.0. The summed E-state index contributed by atoms with van der Waals surface area (Å²) in [4.78, 5) is 61.6. The molecule has 0 unspecified atom stereocenters. The van der Waals surface area contributed by atoms with Crippen molar-refractivity contribution in [1.29, 1.82) is 0 Å². The number of carbonyl (C=O) groups is 2. The monoisotopic (exact) mass is 1270 g/mol. The highest BCUT2D eigenvalue weighted by atomic mass is 35.5. The van der Waals surface area contributed by atoms with Gasteiger partial charge < -0.3 is 25.6 Å². The van der Waals surface area contributed by atoms with Crippen molar-refractivity contribution >= 4 is 106 Å². The lowest BCUT2D eigenvalue weighted by molar-refractivity contribution is -0.193. The summed E-state index contributed by atoms with van der Waals surface area (Å²) in [6.07, 6.45) is 2.54. The number of hydrogen-bond donors (Lipinski definition) is 2. The quantitative estimate of drug-likeness (QED) is 0.104. The minimum absolute atomic E-state index is 0. The summed E-state index contributed by atoms with van der Waals surface area (Å²) >= 11 is 25.0. The zero-order valence-corrected chi connectivity index (χ0v) is 54.6. The Morgan fingerprint density at radius 3 is 1.17 bits per heavy atom. The molecule has 0 bridgehead atoms. The first-order valence-electron chi connectivity index (χ1n) is 27.0. The Bertz CT molecular complexity index is 3490. The molecule has 0 spiro atoms. The first kappa shape index (κ1) is 72.7. The van der Waals surface area contributed by atoms with Crippen LogP contribution in [0.4, 0.5) is 23.0 Å². The lowest BCUT2D eigenvalue weighted by atomic mass is 9.92. The van der Waals surface area contributed by atoms with Gasteiger partial charge in [0.15, 0.2) is 0 Å². The van der Waals surface area contributed by atoms with E-state index in [9.17, 15) is 9.59 Å². The van der Waals surface area contributed by atoms with E-state index in [4.69, 9.17) is 86.2 Å². The van der Waals surface area contributed by atoms with Gasteiger partial charge in [-0.15, -0.1) is 12.4 Å². The van der Waals surface area contributed by atoms with Crippen molar-refractivity contribution in [3.63, 3.8) is 0 Å². The predicted octanol–water partition coefficient (Wildman–Crippen LogP) is 16.6. The van der Waals surface area contributed by atoms with Gasteiger partial charge in [0.1, 0.15) is 17.2 Å². The Balaban J connectivity index is 0.000000371. The Hall–Kier alpha value is -7.55. The highest BCUT2D eigenvalue weighted by Crippen LogP contribution is 2.36. The van der Waals surface area contributed by atoms with E-state index in [1.807, 2.05) is 170 Å². The van der Waals surface area contributed by atoms with E-state index >= 15 is 0 Å². The van der Waals surface area contributed by atoms with Gasteiger partial charge in [0.2, 0.25) is 0 Å². The van der Waals surface area contributed by atoms with Crippen LogP contribution in [0.25, 0.3) is 33.9 Å². The number of nitrogens with two attached hydrogens (primary N) is 1. The molecule has 0 atom stereocenters. The molecule has 0 saturated heterocycles. The van der Waals surface area contributed by atoms with Gasteiger partial charge in [0.25, 0.3) is 5.91 Å². The number of hydrogen-bond acceptors (Lipinski definition) is 12. The summed E-state index contributed by atoms with van der Waals surface area (Å²) in [6, 6.07) is 46.1. The third kappa shape index (κ3) is 23.4. The van der Waals surface area contributed by atoms with Gasteiger partial charge in [-0.3, -0.25) is 4.79 Å². The van der Waals surface area contributed by atoms with Crippen molar-refractivity contribution in [2.75, 3.05) is 37.0 Å². The van der Waals surface area contributed by atoms with E-state index < -0.39 is 5.60 Å². The Labute approximate surface area is 531 Å². The molecule has 2 aromatic heterocycles. The summed E-state index contributed by atoms with van der Waals surface area (Å²) in [6.45, 7) is 24.2. The molecule has 86 heavy (non-hydrogen) atoms. The molecule has 0 aliphatic heterocycles. The molecule has 0 fully saturated rings. The molecule has 6 aromatic carbocycles. The first-order valence-corrected chi connectivity index (χ1v) is 28.6. The fraction of sp³-hybridized carbons (Fsp3) is 0.303. The number of anilines is 4.